The summed E-state index contributed by atoms with van der Waals surface area (Å²) in [7, 11) is 2.07. The number of carbonyl (C=O) groups excluding carboxylic acids is 2. The first-order valence-corrected chi connectivity index (χ1v) is 11.2. The van der Waals surface area contributed by atoms with Crippen LogP contribution in [0.15, 0.2) is 36.5 Å². The molecule has 0 spiro atoms. The molecule has 1 aromatic carbocycles. The molecule has 2 aromatic rings. The van der Waals surface area contributed by atoms with E-state index >= 15 is 0 Å². The third kappa shape index (κ3) is 5.05. The van der Waals surface area contributed by atoms with Crippen LogP contribution in [0.3, 0.4) is 0 Å². The van der Waals surface area contributed by atoms with Crippen molar-refractivity contribution in [1.82, 2.24) is 20.1 Å². The normalized spacial score (nSPS) is 18.0. The number of benzene rings is 1. The molecule has 3 N–H and O–H groups in total. The van der Waals surface area contributed by atoms with Gasteiger partial charge in [0, 0.05) is 49.5 Å². The summed E-state index contributed by atoms with van der Waals surface area (Å²) in [6.07, 6.45) is 7.24. The van der Waals surface area contributed by atoms with E-state index in [1.54, 1.807) is 12.3 Å². The first kappa shape index (κ1) is 21.3. The predicted molar refractivity (Wildman–Crippen MR) is 122 cm³/mol. The first-order valence-electron chi connectivity index (χ1n) is 11.2. The van der Waals surface area contributed by atoms with Gasteiger partial charge in [0.15, 0.2) is 0 Å². The number of hydrogen-bond acceptors (Lipinski definition) is 5. The summed E-state index contributed by atoms with van der Waals surface area (Å²) in [6, 6.07) is 9.49. The van der Waals surface area contributed by atoms with Crippen LogP contribution in [0.2, 0.25) is 0 Å². The van der Waals surface area contributed by atoms with Crippen molar-refractivity contribution in [3.8, 4) is 11.1 Å². The summed E-state index contributed by atoms with van der Waals surface area (Å²) in [6.45, 7) is 3.29. The first-order chi connectivity index (χ1) is 15.0. The Bertz CT molecular complexity index is 929. The van der Waals surface area contributed by atoms with Crippen LogP contribution in [0.1, 0.15) is 52.8 Å². The molecule has 0 unspecified atom stereocenters. The summed E-state index contributed by atoms with van der Waals surface area (Å²) in [4.78, 5) is 33.9. The van der Waals surface area contributed by atoms with Gasteiger partial charge in [0.1, 0.15) is 5.82 Å². The average Bonchev–Trinajstić information content (AvgIpc) is 2.80. The van der Waals surface area contributed by atoms with Crippen LogP contribution in [-0.4, -0.2) is 65.9 Å². The molecule has 0 radical (unpaired) electrons. The van der Waals surface area contributed by atoms with Crippen LogP contribution in [-0.2, 0) is 0 Å². The number of likely N-dealkylation sites (N-methyl/N-ethyl adjacent to an activating group) is 1. The maximum Gasteiger partial charge on any atom is 0.255 e. The molecule has 1 saturated heterocycles. The lowest BCUT2D eigenvalue weighted by Crippen LogP contribution is -2.47. The topological polar surface area (TPSA) is 91.6 Å². The summed E-state index contributed by atoms with van der Waals surface area (Å²) in [5.41, 5.74) is 8.79. The number of nitrogen functional groups attached to an aromatic ring is 1. The number of nitrogens with one attached hydrogen (secondary N) is 1. The van der Waals surface area contributed by atoms with Gasteiger partial charge < -0.3 is 20.9 Å². The standard InChI is InChI=1S/C24H31N5O2/c1-28-11-13-29(14-12-28)24(31)18-9-7-17(8-10-18)19-15-21(22(25)26-16-19)23(30)27-20-5-3-2-4-6-20/h7-10,15-16,20H,2-6,11-14H2,1H3,(H2,25,26)(H,27,30). The molecule has 1 aromatic heterocycles. The minimum absolute atomic E-state index is 0.0580. The number of rotatable bonds is 4. The maximum atomic E-state index is 12.8. The molecule has 0 bridgehead atoms. The van der Waals surface area contributed by atoms with Gasteiger partial charge in [-0.2, -0.15) is 0 Å². The molecule has 0 atom stereocenters. The molecule has 2 heterocycles. The molecule has 2 amide bonds. The summed E-state index contributed by atoms with van der Waals surface area (Å²) in [5.74, 6) is 0.127. The molecule has 164 valence electrons. The number of anilines is 1. The number of pyridine rings is 1. The molecule has 1 saturated carbocycles. The second kappa shape index (κ2) is 9.47. The van der Waals surface area contributed by atoms with E-state index in [1.807, 2.05) is 29.2 Å². The number of hydrogen-bond donors (Lipinski definition) is 2. The zero-order valence-electron chi connectivity index (χ0n) is 18.1. The molecule has 7 heteroatoms. The monoisotopic (exact) mass is 421 g/mol. The van der Waals surface area contributed by atoms with Gasteiger partial charge >= 0.3 is 0 Å². The van der Waals surface area contributed by atoms with Gasteiger partial charge in [0.05, 0.1) is 5.56 Å². The average molecular weight is 422 g/mol. The van der Waals surface area contributed by atoms with Gasteiger partial charge in [0.2, 0.25) is 0 Å². The van der Waals surface area contributed by atoms with E-state index in [0.29, 0.717) is 11.1 Å². The predicted octanol–water partition coefficient (Wildman–Crippen LogP) is 2.78. The Morgan fingerprint density at radius 2 is 1.68 bits per heavy atom. The Balaban J connectivity index is 1.47. The van der Waals surface area contributed by atoms with Gasteiger partial charge in [-0.1, -0.05) is 31.4 Å². The third-order valence-corrected chi connectivity index (χ3v) is 6.36. The second-order valence-corrected chi connectivity index (χ2v) is 8.64. The number of nitrogens with two attached hydrogens (primary N) is 1. The van der Waals surface area contributed by atoms with Gasteiger partial charge in [-0.05, 0) is 43.7 Å². The zero-order chi connectivity index (χ0) is 21.8. The van der Waals surface area contributed by atoms with E-state index in [1.165, 1.54) is 6.42 Å². The van der Waals surface area contributed by atoms with Gasteiger partial charge in [0.25, 0.3) is 11.8 Å². The van der Waals surface area contributed by atoms with E-state index < -0.39 is 0 Å². The highest BCUT2D eigenvalue weighted by atomic mass is 16.2. The largest absolute Gasteiger partial charge is 0.383 e. The summed E-state index contributed by atoms with van der Waals surface area (Å²) >= 11 is 0. The molecule has 4 rings (SSSR count). The van der Waals surface area contributed by atoms with E-state index in [2.05, 4.69) is 22.2 Å². The molecule has 2 aliphatic rings. The SMILES string of the molecule is CN1CCN(C(=O)c2ccc(-c3cnc(N)c(C(=O)NC4CCCCC4)c3)cc2)CC1. The molecule has 2 fully saturated rings. The molecular formula is C24H31N5O2. The smallest absolute Gasteiger partial charge is 0.255 e. The van der Waals surface area contributed by atoms with Crippen LogP contribution in [0, 0.1) is 0 Å². The van der Waals surface area contributed by atoms with Crippen molar-refractivity contribution in [1.29, 1.82) is 0 Å². The zero-order valence-corrected chi connectivity index (χ0v) is 18.1. The fourth-order valence-electron chi connectivity index (χ4n) is 4.32. The van der Waals surface area contributed by atoms with Gasteiger partial charge in [-0.3, -0.25) is 9.59 Å². The number of amides is 2. The van der Waals surface area contributed by atoms with Crippen molar-refractivity contribution in [2.24, 2.45) is 0 Å². The minimum atomic E-state index is -0.166. The van der Waals surface area contributed by atoms with Crippen LogP contribution in [0.25, 0.3) is 11.1 Å². The van der Waals surface area contributed by atoms with E-state index in [4.69, 9.17) is 5.73 Å². The van der Waals surface area contributed by atoms with Gasteiger partial charge in [-0.25, -0.2) is 4.98 Å². The van der Waals surface area contributed by atoms with Gasteiger partial charge in [-0.15, -0.1) is 0 Å². The highest BCUT2D eigenvalue weighted by Gasteiger charge is 2.21. The molecule has 1 aliphatic heterocycles. The fourth-order valence-corrected chi connectivity index (χ4v) is 4.32. The molecule has 7 nitrogen and oxygen atoms in total. The molecule has 1 aliphatic carbocycles. The van der Waals surface area contributed by atoms with Crippen LogP contribution in [0.5, 0.6) is 0 Å². The number of carbonyl (C=O) groups is 2. The Hall–Kier alpha value is -2.93. The number of piperazine rings is 1. The summed E-state index contributed by atoms with van der Waals surface area (Å²) < 4.78 is 0. The third-order valence-electron chi connectivity index (χ3n) is 6.36. The Labute approximate surface area is 183 Å². The Morgan fingerprint density at radius 1 is 1.00 bits per heavy atom. The Morgan fingerprint density at radius 3 is 2.35 bits per heavy atom. The van der Waals surface area contributed by atoms with E-state index in [0.717, 1.165) is 63.0 Å². The maximum absolute atomic E-state index is 12.8. The number of nitrogens with zero attached hydrogens (tertiary/aromatic N) is 3. The van der Waals surface area contributed by atoms with Crippen LogP contribution in [0.4, 0.5) is 5.82 Å². The van der Waals surface area contributed by atoms with E-state index in [-0.39, 0.29) is 23.7 Å². The van der Waals surface area contributed by atoms with Crippen molar-refractivity contribution in [3.63, 3.8) is 0 Å². The minimum Gasteiger partial charge on any atom is -0.383 e. The van der Waals surface area contributed by atoms with Crippen LogP contribution < -0.4 is 11.1 Å². The lowest BCUT2D eigenvalue weighted by Gasteiger charge is -2.32. The number of aromatic nitrogens is 1. The van der Waals surface area contributed by atoms with Crippen molar-refractivity contribution in [2.45, 2.75) is 38.1 Å². The van der Waals surface area contributed by atoms with Crippen molar-refractivity contribution in [3.05, 3.63) is 47.7 Å². The van der Waals surface area contributed by atoms with Crippen molar-refractivity contribution >= 4 is 17.6 Å². The van der Waals surface area contributed by atoms with Crippen molar-refractivity contribution in [2.75, 3.05) is 39.0 Å². The fraction of sp³-hybridized carbons (Fsp3) is 0.458. The highest BCUT2D eigenvalue weighted by molar-refractivity contribution is 5.99. The Kier molecular flexibility index (Phi) is 6.51. The van der Waals surface area contributed by atoms with Crippen LogP contribution >= 0.6 is 0 Å². The quantitative estimate of drug-likeness (QED) is 0.792. The molecule has 31 heavy (non-hydrogen) atoms. The lowest BCUT2D eigenvalue weighted by atomic mass is 9.95. The van der Waals surface area contributed by atoms with E-state index in [9.17, 15) is 9.59 Å². The summed E-state index contributed by atoms with van der Waals surface area (Å²) in [5, 5.41) is 3.11. The molecular weight excluding hydrogens is 390 g/mol. The second-order valence-electron chi connectivity index (χ2n) is 8.64. The lowest BCUT2D eigenvalue weighted by molar-refractivity contribution is 0.0664. The highest BCUT2D eigenvalue weighted by Crippen LogP contribution is 2.24. The van der Waals surface area contributed by atoms with Crippen molar-refractivity contribution < 1.29 is 9.59 Å².